The highest BCUT2D eigenvalue weighted by Gasteiger charge is 2.72. The second-order valence-electron chi connectivity index (χ2n) is 17.8. The fraction of sp³-hybridized carbons (Fsp3) is 0.769. The van der Waals surface area contributed by atoms with Crippen LogP contribution in [-0.2, 0) is 16.6 Å². The Hall–Kier alpha value is -1.77. The smallest absolute Gasteiger partial charge is 0.309 e. The second-order valence-corrected chi connectivity index (χ2v) is 17.8. The van der Waals surface area contributed by atoms with Gasteiger partial charge in [-0.25, -0.2) is 0 Å². The summed E-state index contributed by atoms with van der Waals surface area (Å²) in [4.78, 5) is 13.0. The lowest BCUT2D eigenvalue weighted by Crippen LogP contribution is -2.67. The van der Waals surface area contributed by atoms with Gasteiger partial charge in [0.1, 0.15) is 0 Å². The first-order valence-electron chi connectivity index (χ1n) is 17.5. The zero-order chi connectivity index (χ0) is 30.2. The summed E-state index contributed by atoms with van der Waals surface area (Å²) < 4.78 is 2.69. The summed E-state index contributed by atoms with van der Waals surface area (Å²) in [5, 5.41) is 12.2. The average molecular weight is 572 g/mol. The molecule has 1 aromatic heterocycles. The quantitative estimate of drug-likeness (QED) is 0.398. The van der Waals surface area contributed by atoms with E-state index in [2.05, 4.69) is 91.1 Å². The summed E-state index contributed by atoms with van der Waals surface area (Å²) in [5.74, 6) is 2.85. The van der Waals surface area contributed by atoms with Crippen molar-refractivity contribution in [3.63, 3.8) is 0 Å². The Kier molecular flexibility index (Phi) is 6.14. The van der Waals surface area contributed by atoms with Crippen molar-refractivity contribution in [2.75, 3.05) is 0 Å². The van der Waals surface area contributed by atoms with E-state index in [0.717, 1.165) is 25.7 Å². The molecule has 0 amide bonds. The third-order valence-corrected chi connectivity index (χ3v) is 15.6. The van der Waals surface area contributed by atoms with Crippen LogP contribution in [0.2, 0.25) is 0 Å². The fourth-order valence-corrected chi connectivity index (χ4v) is 13.9. The summed E-state index contributed by atoms with van der Waals surface area (Å²) in [7, 11) is 0. The molecule has 7 rings (SSSR count). The molecule has 0 aliphatic heterocycles. The summed E-state index contributed by atoms with van der Waals surface area (Å²) in [6.07, 6.45) is 10.3. The van der Waals surface area contributed by atoms with Crippen molar-refractivity contribution in [3.05, 3.63) is 35.5 Å². The van der Waals surface area contributed by atoms with Gasteiger partial charge in [-0.3, -0.25) is 4.79 Å². The predicted octanol–water partition coefficient (Wildman–Crippen LogP) is 10.1. The van der Waals surface area contributed by atoms with E-state index in [9.17, 15) is 9.90 Å². The lowest BCUT2D eigenvalue weighted by atomic mass is 9.32. The van der Waals surface area contributed by atoms with E-state index >= 15 is 0 Å². The van der Waals surface area contributed by atoms with Crippen LogP contribution in [0.5, 0.6) is 0 Å². The van der Waals surface area contributed by atoms with Gasteiger partial charge in [0.05, 0.1) is 5.41 Å². The molecule has 0 spiro atoms. The Balaban J connectivity index is 1.35. The number of aliphatic carboxylic acids is 1. The maximum atomic E-state index is 13.0. The highest BCUT2D eigenvalue weighted by Crippen LogP contribution is 2.77. The Morgan fingerprint density at radius 3 is 2.24 bits per heavy atom. The van der Waals surface area contributed by atoms with Crippen molar-refractivity contribution < 1.29 is 9.90 Å². The van der Waals surface area contributed by atoms with E-state index in [1.807, 2.05) is 0 Å². The van der Waals surface area contributed by atoms with Crippen LogP contribution in [0.3, 0.4) is 0 Å². The molecule has 42 heavy (non-hydrogen) atoms. The van der Waals surface area contributed by atoms with Gasteiger partial charge in [-0.05, 0) is 135 Å². The van der Waals surface area contributed by atoms with E-state index < -0.39 is 11.4 Å². The largest absolute Gasteiger partial charge is 0.481 e. The maximum Gasteiger partial charge on any atom is 0.309 e. The van der Waals surface area contributed by atoms with Gasteiger partial charge in [0, 0.05) is 28.1 Å². The minimum absolute atomic E-state index is 0.115. The van der Waals surface area contributed by atoms with Crippen LogP contribution < -0.4 is 0 Å². The highest BCUT2D eigenvalue weighted by molar-refractivity contribution is 5.87. The van der Waals surface area contributed by atoms with Crippen LogP contribution in [0.1, 0.15) is 131 Å². The fourth-order valence-electron chi connectivity index (χ4n) is 13.9. The number of carboxylic acid groups (broad SMARTS) is 1. The molecule has 5 aliphatic rings. The number of hydrogen-bond donors (Lipinski definition) is 1. The van der Waals surface area contributed by atoms with Crippen LogP contribution in [0.4, 0.5) is 0 Å². The third-order valence-electron chi connectivity index (χ3n) is 15.6. The van der Waals surface area contributed by atoms with Crippen LogP contribution in [0.15, 0.2) is 24.3 Å². The van der Waals surface area contributed by atoms with Crippen molar-refractivity contribution >= 4 is 16.9 Å². The van der Waals surface area contributed by atoms with E-state index in [0.29, 0.717) is 41.5 Å². The highest BCUT2D eigenvalue weighted by atomic mass is 16.4. The zero-order valence-corrected chi connectivity index (χ0v) is 28.0. The molecule has 4 fully saturated rings. The molecule has 0 bridgehead atoms. The third kappa shape index (κ3) is 3.27. The number of aromatic nitrogens is 1. The number of hydrogen-bond acceptors (Lipinski definition) is 1. The van der Waals surface area contributed by atoms with Gasteiger partial charge < -0.3 is 9.67 Å². The first-order valence-corrected chi connectivity index (χ1v) is 17.5. The minimum Gasteiger partial charge on any atom is -0.481 e. The van der Waals surface area contributed by atoms with Gasteiger partial charge in [-0.2, -0.15) is 0 Å². The van der Waals surface area contributed by atoms with Crippen molar-refractivity contribution in [1.29, 1.82) is 0 Å². The number of carbonyl (C=O) groups is 1. The summed E-state index contributed by atoms with van der Waals surface area (Å²) >= 11 is 0. The lowest BCUT2D eigenvalue weighted by molar-refractivity contribution is -0.230. The topological polar surface area (TPSA) is 42.2 Å². The van der Waals surface area contributed by atoms with E-state index in [-0.39, 0.29) is 21.7 Å². The standard InChI is InChI=1S/C39H57NO2/c1-23(2)25-16-19-39(34(41)42)21-20-37(8)28(32(25)39)14-15-31-36(7)22-27-26-12-10-11-13-29(26)40(24(3)4)33(27)35(5,6)30(36)17-18-38(31,37)9/h10-13,23-25,28,30-32H,14-22H2,1-9H3,(H,41,42)/t25-,28?,30?,31?,32?,36-,37+,38+,39-/m0/s1. The molecule has 3 nitrogen and oxygen atoms in total. The molecular formula is C39H57NO2. The molecule has 2 aromatic rings. The zero-order valence-electron chi connectivity index (χ0n) is 28.0. The number of rotatable bonds is 3. The Bertz CT molecular complexity index is 1430. The molecule has 3 heteroatoms. The van der Waals surface area contributed by atoms with E-state index in [4.69, 9.17) is 0 Å². The molecule has 4 unspecified atom stereocenters. The molecule has 5 aliphatic carbocycles. The van der Waals surface area contributed by atoms with E-state index in [1.165, 1.54) is 43.0 Å². The summed E-state index contributed by atoms with van der Waals surface area (Å²) in [6, 6.07) is 9.67. The number of para-hydroxylation sites is 1. The average Bonchev–Trinajstić information content (AvgIpc) is 3.47. The molecule has 0 saturated heterocycles. The minimum atomic E-state index is -0.483. The van der Waals surface area contributed by atoms with Gasteiger partial charge in [0.25, 0.3) is 0 Å². The predicted molar refractivity (Wildman–Crippen MR) is 173 cm³/mol. The van der Waals surface area contributed by atoms with Gasteiger partial charge in [-0.1, -0.05) is 66.7 Å². The van der Waals surface area contributed by atoms with Crippen molar-refractivity contribution in [3.8, 4) is 0 Å². The second kappa shape index (κ2) is 8.91. The molecule has 1 heterocycles. The Morgan fingerprint density at radius 1 is 0.857 bits per heavy atom. The van der Waals surface area contributed by atoms with E-state index in [1.54, 1.807) is 11.3 Å². The number of fused-ring (bicyclic) bond motifs is 10. The molecule has 1 aromatic carbocycles. The number of benzene rings is 1. The number of carboxylic acids is 1. The number of nitrogens with zero attached hydrogens (tertiary/aromatic N) is 1. The molecule has 230 valence electrons. The van der Waals surface area contributed by atoms with Crippen molar-refractivity contribution in [1.82, 2.24) is 4.57 Å². The van der Waals surface area contributed by atoms with Crippen molar-refractivity contribution in [2.24, 2.45) is 57.2 Å². The van der Waals surface area contributed by atoms with Gasteiger partial charge in [0.2, 0.25) is 0 Å². The molecule has 4 saturated carbocycles. The lowest BCUT2D eigenvalue weighted by Gasteiger charge is -2.72. The Labute approximate surface area is 255 Å². The summed E-state index contributed by atoms with van der Waals surface area (Å²) in [6.45, 7) is 22.7. The van der Waals surface area contributed by atoms with Crippen LogP contribution >= 0.6 is 0 Å². The first-order chi connectivity index (χ1) is 19.6. The molecule has 9 atom stereocenters. The van der Waals surface area contributed by atoms with Gasteiger partial charge >= 0.3 is 5.97 Å². The first kappa shape index (κ1) is 29.0. The molecule has 0 radical (unpaired) electrons. The van der Waals surface area contributed by atoms with Crippen LogP contribution in [-0.4, -0.2) is 15.6 Å². The van der Waals surface area contributed by atoms with Crippen LogP contribution in [0.25, 0.3) is 10.9 Å². The normalized spacial score (nSPS) is 43.9. The molecular weight excluding hydrogens is 514 g/mol. The van der Waals surface area contributed by atoms with Crippen LogP contribution in [0, 0.1) is 57.2 Å². The monoisotopic (exact) mass is 571 g/mol. The maximum absolute atomic E-state index is 13.0. The Morgan fingerprint density at radius 2 is 1.57 bits per heavy atom. The van der Waals surface area contributed by atoms with Gasteiger partial charge in [0.15, 0.2) is 0 Å². The van der Waals surface area contributed by atoms with Crippen molar-refractivity contribution in [2.45, 2.75) is 132 Å². The SMILES string of the molecule is CC(C)[C@@H]1CC[C@]2(C(=O)O)CC[C@]3(C)C(CCC4[C@@]5(C)Cc6c(n(C(C)C)c7ccccc67)C(C)(C)C5CC[C@]43C)C12. The van der Waals surface area contributed by atoms with Gasteiger partial charge in [-0.15, -0.1) is 0 Å². The summed E-state index contributed by atoms with van der Waals surface area (Å²) in [5.41, 5.74) is 5.00. The molecule has 1 N–H and O–H groups in total.